The summed E-state index contributed by atoms with van der Waals surface area (Å²) in [7, 11) is 0. The number of nitrogens with zero attached hydrogens (tertiary/aromatic N) is 1. The van der Waals surface area contributed by atoms with Crippen LogP contribution in [-0.4, -0.2) is 47.9 Å². The van der Waals surface area contributed by atoms with E-state index in [2.05, 4.69) is 11.6 Å². The Labute approximate surface area is 167 Å². The highest BCUT2D eigenvalue weighted by Crippen LogP contribution is 2.61. The van der Waals surface area contributed by atoms with Crippen LogP contribution in [0.5, 0.6) is 0 Å². The number of carbonyl (C=O) groups is 1. The smallest absolute Gasteiger partial charge is 0.268 e. The molecule has 0 aromatic carbocycles. The lowest BCUT2D eigenvalue weighted by atomic mass is 9.85. The molecule has 0 saturated carbocycles. The Morgan fingerprint density at radius 2 is 1.26 bits per heavy atom. The SMILES string of the molecule is C=CC(=O)N=CC(CCCCC)C(F)(F)C(F)(F)C(F)(F)C(F)(F)C(F)(F)C(F)(F)F. The van der Waals surface area contributed by atoms with Gasteiger partial charge in [-0.1, -0.05) is 32.8 Å². The Kier molecular flexibility index (Phi) is 8.79. The van der Waals surface area contributed by atoms with Crippen molar-refractivity contribution in [3.8, 4) is 0 Å². The van der Waals surface area contributed by atoms with Crippen molar-refractivity contribution in [1.29, 1.82) is 0 Å². The lowest BCUT2D eigenvalue weighted by Crippen LogP contribution is -2.71. The maximum atomic E-state index is 14.2. The standard InChI is InChI=1S/C16H16F13NO/c1-3-5-6-7-9(8-30-10(31)4-2)11(17,18)12(19,20)13(21,22)14(23,24)15(25,26)16(27,28)29/h4,8-9H,2-3,5-7H2,1H3. The molecular formula is C16H16F13NO. The van der Waals surface area contributed by atoms with Crippen LogP contribution in [-0.2, 0) is 4.79 Å². The number of carbonyl (C=O) groups excluding carboxylic acids is 1. The number of halogens is 13. The van der Waals surface area contributed by atoms with Gasteiger partial charge in [0, 0.05) is 6.21 Å². The second kappa shape index (κ2) is 9.35. The molecule has 1 atom stereocenters. The molecule has 1 amide bonds. The molecule has 0 aliphatic rings. The summed E-state index contributed by atoms with van der Waals surface area (Å²) in [5, 5.41) is 0. The van der Waals surface area contributed by atoms with Crippen molar-refractivity contribution in [2.45, 2.75) is 68.4 Å². The molecule has 0 aliphatic carbocycles. The van der Waals surface area contributed by atoms with Crippen molar-refractivity contribution in [2.75, 3.05) is 0 Å². The highest BCUT2D eigenvalue weighted by Gasteiger charge is 2.91. The monoisotopic (exact) mass is 485 g/mol. The summed E-state index contributed by atoms with van der Waals surface area (Å²) in [4.78, 5) is 13.7. The molecule has 0 rings (SSSR count). The van der Waals surface area contributed by atoms with Crippen molar-refractivity contribution in [3.05, 3.63) is 12.7 Å². The molecule has 0 aliphatic heterocycles. The van der Waals surface area contributed by atoms with Gasteiger partial charge < -0.3 is 0 Å². The number of unbranched alkanes of at least 4 members (excludes halogenated alkanes) is 2. The summed E-state index contributed by atoms with van der Waals surface area (Å²) in [5.41, 5.74) is 0. The van der Waals surface area contributed by atoms with Crippen molar-refractivity contribution in [3.63, 3.8) is 0 Å². The minimum Gasteiger partial charge on any atom is -0.268 e. The van der Waals surface area contributed by atoms with Gasteiger partial charge in [0.15, 0.2) is 0 Å². The Morgan fingerprint density at radius 1 is 0.806 bits per heavy atom. The Hall–Kier alpha value is -1.83. The molecule has 182 valence electrons. The molecule has 0 bridgehead atoms. The molecule has 31 heavy (non-hydrogen) atoms. The maximum absolute atomic E-state index is 14.2. The zero-order valence-corrected chi connectivity index (χ0v) is 15.5. The molecule has 0 spiro atoms. The summed E-state index contributed by atoms with van der Waals surface area (Å²) in [6, 6.07) is 0. The zero-order chi connectivity index (χ0) is 25.1. The second-order valence-electron chi connectivity index (χ2n) is 6.34. The topological polar surface area (TPSA) is 29.4 Å². The van der Waals surface area contributed by atoms with E-state index in [1.165, 1.54) is 6.92 Å². The van der Waals surface area contributed by atoms with Crippen LogP contribution in [0.1, 0.15) is 32.6 Å². The van der Waals surface area contributed by atoms with Crippen LogP contribution in [0.3, 0.4) is 0 Å². The van der Waals surface area contributed by atoms with Crippen LogP contribution in [0.25, 0.3) is 0 Å². The predicted octanol–water partition coefficient (Wildman–Crippen LogP) is 6.71. The lowest BCUT2D eigenvalue weighted by Gasteiger charge is -2.41. The van der Waals surface area contributed by atoms with Gasteiger partial charge in [0.05, 0.1) is 5.92 Å². The fourth-order valence-electron chi connectivity index (χ4n) is 2.19. The van der Waals surface area contributed by atoms with E-state index in [9.17, 15) is 61.9 Å². The van der Waals surface area contributed by atoms with Gasteiger partial charge in [-0.2, -0.15) is 57.1 Å². The van der Waals surface area contributed by atoms with Gasteiger partial charge in [0.25, 0.3) is 5.91 Å². The Morgan fingerprint density at radius 3 is 1.65 bits per heavy atom. The molecule has 0 fully saturated rings. The largest absolute Gasteiger partial charge is 0.460 e. The summed E-state index contributed by atoms with van der Waals surface area (Å²) < 4.78 is 172. The summed E-state index contributed by atoms with van der Waals surface area (Å²) in [5.74, 6) is -42.0. The third-order valence-electron chi connectivity index (χ3n) is 4.10. The first-order chi connectivity index (χ1) is 13.7. The third kappa shape index (κ3) is 5.16. The molecular weight excluding hydrogens is 469 g/mol. The Bertz CT molecular complexity index is 667. The van der Waals surface area contributed by atoms with Gasteiger partial charge in [-0.05, 0) is 12.5 Å². The molecule has 0 saturated heterocycles. The van der Waals surface area contributed by atoms with Gasteiger partial charge in [0.2, 0.25) is 0 Å². The summed E-state index contributed by atoms with van der Waals surface area (Å²) in [6.07, 6.45) is -8.66. The highest BCUT2D eigenvalue weighted by atomic mass is 19.4. The van der Waals surface area contributed by atoms with E-state index in [1.54, 1.807) is 0 Å². The number of hydrogen-bond acceptors (Lipinski definition) is 1. The molecule has 0 aromatic rings. The van der Waals surface area contributed by atoms with Crippen LogP contribution in [0.4, 0.5) is 57.1 Å². The van der Waals surface area contributed by atoms with Gasteiger partial charge in [-0.15, -0.1) is 0 Å². The van der Waals surface area contributed by atoms with Crippen LogP contribution in [0.2, 0.25) is 0 Å². The van der Waals surface area contributed by atoms with E-state index < -0.39 is 60.5 Å². The molecule has 2 nitrogen and oxygen atoms in total. The summed E-state index contributed by atoms with van der Waals surface area (Å²) in [6.45, 7) is 4.33. The summed E-state index contributed by atoms with van der Waals surface area (Å²) >= 11 is 0. The highest BCUT2D eigenvalue weighted by molar-refractivity contribution is 5.93. The molecule has 0 aromatic heterocycles. The first kappa shape index (κ1) is 29.2. The average Bonchev–Trinajstić information content (AvgIpc) is 2.62. The second-order valence-corrected chi connectivity index (χ2v) is 6.34. The fourth-order valence-corrected chi connectivity index (χ4v) is 2.19. The third-order valence-corrected chi connectivity index (χ3v) is 4.10. The first-order valence-electron chi connectivity index (χ1n) is 8.33. The average molecular weight is 485 g/mol. The van der Waals surface area contributed by atoms with Crippen molar-refractivity contribution in [1.82, 2.24) is 0 Å². The number of aliphatic imine (C=N–C) groups is 1. The molecule has 1 unspecified atom stereocenters. The quantitative estimate of drug-likeness (QED) is 0.139. The van der Waals surface area contributed by atoms with Crippen molar-refractivity contribution in [2.24, 2.45) is 10.9 Å². The normalized spacial score (nSPS) is 15.9. The van der Waals surface area contributed by atoms with E-state index in [-0.39, 0.29) is 19.1 Å². The van der Waals surface area contributed by atoms with Gasteiger partial charge in [-0.3, -0.25) is 4.79 Å². The van der Waals surface area contributed by atoms with E-state index in [0.29, 0.717) is 6.08 Å². The molecule has 0 radical (unpaired) electrons. The molecule has 15 heteroatoms. The lowest BCUT2D eigenvalue weighted by molar-refractivity contribution is -0.441. The fraction of sp³-hybridized carbons (Fsp3) is 0.750. The van der Waals surface area contributed by atoms with Crippen LogP contribution < -0.4 is 0 Å². The molecule has 0 N–H and O–H groups in total. The predicted molar refractivity (Wildman–Crippen MR) is 82.1 cm³/mol. The minimum atomic E-state index is -7.97. The number of amides is 1. The van der Waals surface area contributed by atoms with E-state index in [1.807, 2.05) is 0 Å². The van der Waals surface area contributed by atoms with Gasteiger partial charge >= 0.3 is 35.8 Å². The van der Waals surface area contributed by atoms with E-state index >= 15 is 0 Å². The van der Waals surface area contributed by atoms with Gasteiger partial charge in [-0.25, -0.2) is 4.99 Å². The van der Waals surface area contributed by atoms with Crippen molar-refractivity contribution >= 4 is 12.1 Å². The van der Waals surface area contributed by atoms with Gasteiger partial charge in [0.1, 0.15) is 0 Å². The number of alkyl halides is 13. The van der Waals surface area contributed by atoms with Crippen LogP contribution in [0, 0.1) is 5.92 Å². The number of hydrogen-bond donors (Lipinski definition) is 0. The van der Waals surface area contributed by atoms with Crippen LogP contribution in [0.15, 0.2) is 17.6 Å². The molecule has 0 heterocycles. The maximum Gasteiger partial charge on any atom is 0.460 e. The van der Waals surface area contributed by atoms with Crippen molar-refractivity contribution < 1.29 is 61.9 Å². The van der Waals surface area contributed by atoms with Crippen LogP contribution >= 0.6 is 0 Å². The zero-order valence-electron chi connectivity index (χ0n) is 15.5. The number of rotatable bonds is 11. The minimum absolute atomic E-state index is 0.0279. The van der Waals surface area contributed by atoms with E-state index in [4.69, 9.17) is 0 Å². The first-order valence-corrected chi connectivity index (χ1v) is 8.33. The van der Waals surface area contributed by atoms with E-state index in [0.717, 1.165) is 0 Å². The Balaban J connectivity index is 6.47.